The Morgan fingerprint density at radius 2 is 0.467 bits per heavy atom. The van der Waals surface area contributed by atoms with Crippen molar-refractivity contribution in [1.29, 1.82) is 0 Å². The van der Waals surface area contributed by atoms with Crippen molar-refractivity contribution < 1.29 is 20.4 Å². The van der Waals surface area contributed by atoms with Crippen LogP contribution in [0.15, 0.2) is 206 Å². The van der Waals surface area contributed by atoms with Gasteiger partial charge in [-0.25, -0.2) is 0 Å². The summed E-state index contributed by atoms with van der Waals surface area (Å²) in [6, 6.07) is 67.4. The second kappa shape index (κ2) is 14.9. The minimum Gasteiger partial charge on any atom is -0.508 e. The van der Waals surface area contributed by atoms with E-state index in [1.54, 1.807) is 48.5 Å². The predicted octanol–water partition coefficient (Wildman–Crippen LogP) is 14.2. The third-order valence-electron chi connectivity index (χ3n) is 11.2. The Bertz CT molecular complexity index is 2840. The van der Waals surface area contributed by atoms with Crippen molar-refractivity contribution >= 4 is 66.4 Å². The van der Waals surface area contributed by atoms with Gasteiger partial charge in [-0.05, 0) is 188 Å². The maximum atomic E-state index is 10.0. The van der Waals surface area contributed by atoms with E-state index in [2.05, 4.69) is 119 Å². The summed E-state index contributed by atoms with van der Waals surface area (Å²) in [6.45, 7) is 0. The number of benzene rings is 10. The van der Waals surface area contributed by atoms with E-state index in [0.717, 1.165) is 67.2 Å². The molecular formula is C54H38N2O4. The lowest BCUT2D eigenvalue weighted by Gasteiger charge is -2.26. The van der Waals surface area contributed by atoms with Crippen LogP contribution in [-0.4, -0.2) is 20.4 Å². The molecule has 0 aliphatic rings. The first kappa shape index (κ1) is 36.1. The molecule has 0 saturated carbocycles. The van der Waals surface area contributed by atoms with Crippen LogP contribution < -0.4 is 9.80 Å². The van der Waals surface area contributed by atoms with Crippen LogP contribution in [0.3, 0.4) is 0 Å². The number of nitrogens with zero attached hydrogens (tertiary/aromatic N) is 2. The van der Waals surface area contributed by atoms with Crippen LogP contribution in [0.2, 0.25) is 0 Å². The van der Waals surface area contributed by atoms with Gasteiger partial charge in [-0.3, -0.25) is 0 Å². The molecule has 4 N–H and O–H groups in total. The van der Waals surface area contributed by atoms with Crippen LogP contribution >= 0.6 is 0 Å². The molecule has 0 heterocycles. The van der Waals surface area contributed by atoms with Crippen molar-refractivity contribution in [3.05, 3.63) is 206 Å². The second-order valence-corrected chi connectivity index (χ2v) is 14.9. The van der Waals surface area contributed by atoms with Crippen LogP contribution in [0.5, 0.6) is 23.0 Å². The fourth-order valence-corrected chi connectivity index (χ4v) is 8.31. The lowest BCUT2D eigenvalue weighted by molar-refractivity contribution is 0.474. The molecule has 0 atom stereocenters. The van der Waals surface area contributed by atoms with Crippen molar-refractivity contribution in [3.63, 3.8) is 0 Å². The van der Waals surface area contributed by atoms with Crippen molar-refractivity contribution in [2.24, 2.45) is 0 Å². The molecule has 10 aromatic rings. The topological polar surface area (TPSA) is 87.4 Å². The molecule has 10 aromatic carbocycles. The summed E-state index contributed by atoms with van der Waals surface area (Å²) in [5.74, 6) is 0.781. The van der Waals surface area contributed by atoms with Gasteiger partial charge in [-0.15, -0.1) is 0 Å². The normalized spacial score (nSPS) is 11.3. The van der Waals surface area contributed by atoms with Crippen molar-refractivity contribution in [2.45, 2.75) is 0 Å². The molecule has 0 bridgehead atoms. The Hall–Kier alpha value is -8.22. The molecule has 0 radical (unpaired) electrons. The fourth-order valence-electron chi connectivity index (χ4n) is 8.31. The van der Waals surface area contributed by atoms with E-state index in [4.69, 9.17) is 0 Å². The Morgan fingerprint density at radius 3 is 0.733 bits per heavy atom. The lowest BCUT2D eigenvalue weighted by atomic mass is 9.87. The maximum absolute atomic E-state index is 10.0. The van der Waals surface area contributed by atoms with E-state index in [-0.39, 0.29) is 23.0 Å². The number of phenolic OH excluding ortho intramolecular Hbond substituents is 4. The Labute approximate surface area is 347 Å². The first-order chi connectivity index (χ1) is 29.4. The predicted molar refractivity (Wildman–Crippen MR) is 246 cm³/mol. The highest BCUT2D eigenvalue weighted by atomic mass is 16.3. The zero-order valence-corrected chi connectivity index (χ0v) is 32.3. The highest BCUT2D eigenvalue weighted by molar-refractivity contribution is 6.23. The Balaban J connectivity index is 1.08. The summed E-state index contributed by atoms with van der Waals surface area (Å²) in [4.78, 5) is 4.20. The van der Waals surface area contributed by atoms with E-state index in [1.807, 2.05) is 48.5 Å². The van der Waals surface area contributed by atoms with Crippen LogP contribution in [0.1, 0.15) is 0 Å². The zero-order valence-electron chi connectivity index (χ0n) is 32.3. The molecule has 0 amide bonds. The summed E-state index contributed by atoms with van der Waals surface area (Å²) in [5, 5.41) is 47.1. The van der Waals surface area contributed by atoms with Crippen LogP contribution in [-0.2, 0) is 0 Å². The molecule has 10 rings (SSSR count). The van der Waals surface area contributed by atoms with E-state index in [0.29, 0.717) is 0 Å². The molecule has 6 heteroatoms. The molecule has 0 aromatic heterocycles. The average molecular weight is 779 g/mol. The van der Waals surface area contributed by atoms with E-state index < -0.39 is 0 Å². The monoisotopic (exact) mass is 778 g/mol. The molecule has 288 valence electrons. The molecule has 0 saturated heterocycles. The number of anilines is 6. The smallest absolute Gasteiger partial charge is 0.115 e. The first-order valence-electron chi connectivity index (χ1n) is 19.7. The number of aromatic hydroxyl groups is 4. The third-order valence-corrected chi connectivity index (χ3v) is 11.2. The lowest BCUT2D eigenvalue weighted by Crippen LogP contribution is -2.09. The van der Waals surface area contributed by atoms with Gasteiger partial charge < -0.3 is 30.2 Å². The van der Waals surface area contributed by atoms with E-state index >= 15 is 0 Å². The van der Waals surface area contributed by atoms with Gasteiger partial charge in [0.15, 0.2) is 0 Å². The van der Waals surface area contributed by atoms with E-state index in [9.17, 15) is 20.4 Å². The molecule has 6 nitrogen and oxygen atoms in total. The van der Waals surface area contributed by atoms with Crippen LogP contribution in [0, 0.1) is 0 Å². The SMILES string of the molecule is Oc1ccc(N(c2ccc(O)cc2)c2ccc(-c3cc4c5ccccc5c(-c5ccc(N(c6ccc(O)cc6)c6ccc(O)cc6)cc5)cc4c4ccccc34)cc2)cc1. The molecule has 0 aliphatic carbocycles. The van der Waals surface area contributed by atoms with Crippen LogP contribution in [0.4, 0.5) is 34.1 Å². The summed E-state index contributed by atoms with van der Waals surface area (Å²) in [6.07, 6.45) is 0. The number of hydrogen-bond donors (Lipinski definition) is 4. The van der Waals surface area contributed by atoms with Crippen LogP contribution in [0.25, 0.3) is 54.6 Å². The summed E-state index contributed by atoms with van der Waals surface area (Å²) < 4.78 is 0. The number of fused-ring (bicyclic) bond motifs is 5. The molecule has 60 heavy (non-hydrogen) atoms. The molecule has 0 fully saturated rings. The quantitative estimate of drug-likeness (QED) is 0.115. The number of phenols is 4. The number of rotatable bonds is 8. The van der Waals surface area contributed by atoms with E-state index in [1.165, 1.54) is 21.5 Å². The van der Waals surface area contributed by atoms with Gasteiger partial charge in [0.05, 0.1) is 0 Å². The average Bonchev–Trinajstić information content (AvgIpc) is 3.29. The van der Waals surface area contributed by atoms with Gasteiger partial charge in [0.2, 0.25) is 0 Å². The minimum absolute atomic E-state index is 0.195. The Morgan fingerprint density at radius 1 is 0.233 bits per heavy atom. The standard InChI is InChI=1S/C54H38N2O4/c57-43-25-17-39(18-26-43)55(40-19-27-44(58)28-20-40)37-13-9-35(10-14-37)51-33-54-50-8-4-2-6-48(50)52(34-53(54)49-7-3-1-5-47(49)51)36-11-15-38(16-12-36)56(41-21-29-45(59)30-22-41)42-23-31-46(60)32-24-42/h1-34,57-60H. The molecule has 0 aliphatic heterocycles. The largest absolute Gasteiger partial charge is 0.508 e. The van der Waals surface area contributed by atoms with Crippen molar-refractivity contribution in [3.8, 4) is 45.3 Å². The second-order valence-electron chi connectivity index (χ2n) is 14.9. The molecular weight excluding hydrogens is 741 g/mol. The van der Waals surface area contributed by atoms with Gasteiger partial charge in [-0.2, -0.15) is 0 Å². The minimum atomic E-state index is 0.195. The van der Waals surface area contributed by atoms with Gasteiger partial charge in [-0.1, -0.05) is 72.8 Å². The van der Waals surface area contributed by atoms with Gasteiger partial charge in [0.1, 0.15) is 23.0 Å². The van der Waals surface area contributed by atoms with Gasteiger partial charge >= 0.3 is 0 Å². The van der Waals surface area contributed by atoms with Crippen molar-refractivity contribution in [2.75, 3.05) is 9.80 Å². The fraction of sp³-hybridized carbons (Fsp3) is 0. The Kier molecular flexibility index (Phi) is 9.00. The highest BCUT2D eigenvalue weighted by Gasteiger charge is 2.18. The number of hydrogen-bond acceptors (Lipinski definition) is 6. The molecule has 0 unspecified atom stereocenters. The maximum Gasteiger partial charge on any atom is 0.115 e. The van der Waals surface area contributed by atoms with Crippen molar-refractivity contribution in [1.82, 2.24) is 0 Å². The summed E-state index contributed by atoms with van der Waals surface area (Å²) in [7, 11) is 0. The van der Waals surface area contributed by atoms with Gasteiger partial charge in [0.25, 0.3) is 0 Å². The van der Waals surface area contributed by atoms with Gasteiger partial charge in [0, 0.05) is 34.1 Å². The summed E-state index contributed by atoms with van der Waals surface area (Å²) >= 11 is 0. The summed E-state index contributed by atoms with van der Waals surface area (Å²) in [5.41, 5.74) is 9.85. The highest BCUT2D eigenvalue weighted by Crippen LogP contribution is 2.44. The third kappa shape index (κ3) is 6.62. The molecule has 0 spiro atoms. The first-order valence-corrected chi connectivity index (χ1v) is 19.7. The zero-order chi connectivity index (χ0) is 40.7.